The molecule has 1 saturated carbocycles. The van der Waals surface area contributed by atoms with Crippen LogP contribution in [0.15, 0.2) is 18.2 Å². The molecule has 2 heterocycles. The summed E-state index contributed by atoms with van der Waals surface area (Å²) >= 11 is 0. The monoisotopic (exact) mass is 387 g/mol. The van der Waals surface area contributed by atoms with Gasteiger partial charge in [-0.05, 0) is 43.5 Å². The van der Waals surface area contributed by atoms with E-state index in [1.165, 1.54) is 31.4 Å². The Morgan fingerprint density at radius 2 is 2.00 bits per heavy atom. The number of nitrogens with zero attached hydrogens (tertiary/aromatic N) is 1. The van der Waals surface area contributed by atoms with Crippen molar-refractivity contribution in [3.63, 3.8) is 0 Å². The second kappa shape index (κ2) is 8.21. The molecule has 2 fully saturated rings. The molecule has 5 nitrogen and oxygen atoms in total. The maximum atomic E-state index is 13.7. The first-order chi connectivity index (χ1) is 13.6. The van der Waals surface area contributed by atoms with Crippen LogP contribution in [0.1, 0.15) is 43.4 Å². The van der Waals surface area contributed by atoms with E-state index in [0.29, 0.717) is 6.54 Å². The molecule has 0 bridgehead atoms. The van der Waals surface area contributed by atoms with E-state index in [1.54, 1.807) is 6.07 Å². The first-order valence-electron chi connectivity index (χ1n) is 10.4. The number of rotatable bonds is 5. The summed E-state index contributed by atoms with van der Waals surface area (Å²) in [4.78, 5) is 18.6. The molecule has 0 spiro atoms. The first kappa shape index (κ1) is 19.4. The van der Waals surface area contributed by atoms with E-state index in [0.717, 1.165) is 61.3 Å². The molecule has 2 N–H and O–H groups in total. The minimum Gasteiger partial charge on any atom is -0.379 e. The Morgan fingerprint density at radius 1 is 1.25 bits per heavy atom. The van der Waals surface area contributed by atoms with E-state index in [1.807, 2.05) is 6.92 Å². The van der Waals surface area contributed by atoms with E-state index >= 15 is 0 Å². The number of aromatic amines is 1. The molecule has 1 aliphatic heterocycles. The van der Waals surface area contributed by atoms with Crippen molar-refractivity contribution in [2.45, 2.75) is 51.0 Å². The van der Waals surface area contributed by atoms with Crippen molar-refractivity contribution in [1.82, 2.24) is 15.2 Å². The summed E-state index contributed by atoms with van der Waals surface area (Å²) in [6.45, 7) is 6.05. The van der Waals surface area contributed by atoms with E-state index < -0.39 is 0 Å². The molecule has 1 aromatic carbocycles. The number of H-pyrrole nitrogens is 1. The number of carbonyl (C=O) groups excluding carboxylic acids is 1. The number of aryl methyl sites for hydroxylation is 1. The van der Waals surface area contributed by atoms with Gasteiger partial charge >= 0.3 is 0 Å². The lowest BCUT2D eigenvalue weighted by Gasteiger charge is -2.48. The molecule has 0 unspecified atom stereocenters. The zero-order valence-electron chi connectivity index (χ0n) is 16.7. The van der Waals surface area contributed by atoms with Gasteiger partial charge in [0.15, 0.2) is 0 Å². The Bertz CT molecular complexity index is 836. The third-order valence-electron chi connectivity index (χ3n) is 6.50. The molecule has 6 heteroatoms. The number of fused-ring (bicyclic) bond motifs is 1. The van der Waals surface area contributed by atoms with E-state index in [-0.39, 0.29) is 23.7 Å². The highest BCUT2D eigenvalue weighted by Crippen LogP contribution is 2.34. The second-order valence-electron chi connectivity index (χ2n) is 8.26. The molecular weight excluding hydrogens is 357 g/mol. The van der Waals surface area contributed by atoms with Crippen LogP contribution in [0, 0.1) is 12.7 Å². The summed E-state index contributed by atoms with van der Waals surface area (Å²) in [6, 6.07) is 4.68. The van der Waals surface area contributed by atoms with Gasteiger partial charge in [-0.2, -0.15) is 0 Å². The number of aromatic nitrogens is 1. The summed E-state index contributed by atoms with van der Waals surface area (Å²) in [6.07, 6.45) is 6.24. The predicted molar refractivity (Wildman–Crippen MR) is 108 cm³/mol. The van der Waals surface area contributed by atoms with Crippen molar-refractivity contribution in [2.75, 3.05) is 32.8 Å². The number of amides is 1. The van der Waals surface area contributed by atoms with Crippen LogP contribution in [0.25, 0.3) is 10.9 Å². The van der Waals surface area contributed by atoms with Crippen molar-refractivity contribution in [1.29, 1.82) is 0 Å². The van der Waals surface area contributed by atoms with Crippen molar-refractivity contribution >= 4 is 16.8 Å². The second-order valence-corrected chi connectivity index (χ2v) is 8.26. The van der Waals surface area contributed by atoms with Gasteiger partial charge in [-0.15, -0.1) is 0 Å². The molecule has 1 aromatic heterocycles. The summed E-state index contributed by atoms with van der Waals surface area (Å²) < 4.78 is 19.2. The molecule has 4 rings (SSSR count). The van der Waals surface area contributed by atoms with Crippen LogP contribution < -0.4 is 5.32 Å². The lowest BCUT2D eigenvalue weighted by molar-refractivity contribution is -0.121. The maximum absolute atomic E-state index is 13.7. The van der Waals surface area contributed by atoms with Crippen molar-refractivity contribution in [3.8, 4) is 0 Å². The largest absolute Gasteiger partial charge is 0.379 e. The van der Waals surface area contributed by atoms with Crippen LogP contribution in [0.4, 0.5) is 4.39 Å². The van der Waals surface area contributed by atoms with Gasteiger partial charge in [0.25, 0.3) is 0 Å². The molecule has 2 aromatic rings. The lowest BCUT2D eigenvalue weighted by Crippen LogP contribution is -2.59. The Balaban J connectivity index is 1.45. The molecule has 152 valence electrons. The third-order valence-corrected chi connectivity index (χ3v) is 6.50. The number of ether oxygens (including phenoxy) is 1. The van der Waals surface area contributed by atoms with Gasteiger partial charge in [0.2, 0.25) is 5.91 Å². The smallest absolute Gasteiger partial charge is 0.224 e. The summed E-state index contributed by atoms with van der Waals surface area (Å²) in [5, 5.41) is 4.01. The minimum absolute atomic E-state index is 0.00599. The highest BCUT2D eigenvalue weighted by atomic mass is 19.1. The maximum Gasteiger partial charge on any atom is 0.224 e. The number of halogens is 1. The Labute approximate surface area is 165 Å². The molecule has 28 heavy (non-hydrogen) atoms. The molecule has 1 saturated heterocycles. The number of hydrogen-bond acceptors (Lipinski definition) is 3. The van der Waals surface area contributed by atoms with Gasteiger partial charge in [0.05, 0.1) is 19.6 Å². The van der Waals surface area contributed by atoms with Crippen LogP contribution in [-0.4, -0.2) is 54.2 Å². The van der Waals surface area contributed by atoms with Crippen LogP contribution >= 0.6 is 0 Å². The number of hydrogen-bond donors (Lipinski definition) is 2. The van der Waals surface area contributed by atoms with Gasteiger partial charge in [-0.25, -0.2) is 4.39 Å². The standard InChI is InChI=1S/C22H30FN3O2/c1-16-18(19-13-17(23)5-6-20(19)25-16)14-21(27)24-15-22(7-3-2-4-8-22)26-9-11-28-12-10-26/h5-6,13,25H,2-4,7-12,14-15H2,1H3,(H,24,27). The zero-order chi connectivity index (χ0) is 19.6. The topological polar surface area (TPSA) is 57.4 Å². The zero-order valence-corrected chi connectivity index (χ0v) is 16.7. The highest BCUT2D eigenvalue weighted by molar-refractivity contribution is 5.90. The fourth-order valence-electron chi connectivity index (χ4n) is 4.92. The average molecular weight is 387 g/mol. The molecule has 1 amide bonds. The van der Waals surface area contributed by atoms with E-state index in [9.17, 15) is 9.18 Å². The Morgan fingerprint density at radius 3 is 2.75 bits per heavy atom. The minimum atomic E-state index is -0.276. The lowest BCUT2D eigenvalue weighted by atomic mass is 9.79. The number of nitrogens with one attached hydrogen (secondary N) is 2. The Hall–Kier alpha value is -1.92. The molecule has 2 aliphatic rings. The summed E-state index contributed by atoms with van der Waals surface area (Å²) in [7, 11) is 0. The van der Waals surface area contributed by atoms with Crippen LogP contribution in [-0.2, 0) is 16.0 Å². The van der Waals surface area contributed by atoms with Gasteiger partial charge in [-0.3, -0.25) is 9.69 Å². The number of carbonyl (C=O) groups is 1. The fourth-order valence-corrected chi connectivity index (χ4v) is 4.92. The predicted octanol–water partition coefficient (Wildman–Crippen LogP) is 3.31. The Kier molecular flexibility index (Phi) is 5.69. The molecule has 1 aliphatic carbocycles. The van der Waals surface area contributed by atoms with Crippen LogP contribution in [0.5, 0.6) is 0 Å². The van der Waals surface area contributed by atoms with Crippen LogP contribution in [0.2, 0.25) is 0 Å². The molecule has 0 radical (unpaired) electrons. The SMILES string of the molecule is Cc1[nH]c2ccc(F)cc2c1CC(=O)NCC1(N2CCOCC2)CCCCC1. The molecular formula is C22H30FN3O2. The average Bonchev–Trinajstić information content (AvgIpc) is 3.02. The van der Waals surface area contributed by atoms with E-state index in [4.69, 9.17) is 4.74 Å². The number of benzene rings is 1. The van der Waals surface area contributed by atoms with E-state index in [2.05, 4.69) is 15.2 Å². The van der Waals surface area contributed by atoms with Crippen LogP contribution in [0.3, 0.4) is 0 Å². The van der Waals surface area contributed by atoms with Gasteiger partial charge in [0.1, 0.15) is 5.82 Å². The summed E-state index contributed by atoms with van der Waals surface area (Å²) in [5.74, 6) is -0.270. The van der Waals surface area contributed by atoms with Gasteiger partial charge in [-0.1, -0.05) is 19.3 Å². The fraction of sp³-hybridized carbons (Fsp3) is 0.591. The summed E-state index contributed by atoms with van der Waals surface area (Å²) in [5.41, 5.74) is 2.74. The van der Waals surface area contributed by atoms with Crippen molar-refractivity contribution < 1.29 is 13.9 Å². The first-order valence-corrected chi connectivity index (χ1v) is 10.4. The molecule has 0 atom stereocenters. The van der Waals surface area contributed by atoms with Crippen molar-refractivity contribution in [2.24, 2.45) is 0 Å². The van der Waals surface area contributed by atoms with Crippen molar-refractivity contribution in [3.05, 3.63) is 35.3 Å². The van der Waals surface area contributed by atoms with Gasteiger partial charge in [0, 0.05) is 41.8 Å². The number of morpholine rings is 1. The highest BCUT2D eigenvalue weighted by Gasteiger charge is 2.38. The quantitative estimate of drug-likeness (QED) is 0.828. The third kappa shape index (κ3) is 3.94. The normalized spacial score (nSPS) is 20.4. The van der Waals surface area contributed by atoms with Gasteiger partial charge < -0.3 is 15.0 Å².